The highest BCUT2D eigenvalue weighted by Crippen LogP contribution is 2.32. The van der Waals surface area contributed by atoms with Crippen LogP contribution in [-0.4, -0.2) is 12.1 Å². The Morgan fingerprint density at radius 3 is 2.56 bits per heavy atom. The SMILES string of the molecule is COc1ccc(CNC(C)c2ccccc2)cc1-c1cccnc1F. The maximum Gasteiger partial charge on any atom is 0.220 e. The Kier molecular flexibility index (Phi) is 5.41. The molecule has 1 N–H and O–H groups in total. The molecule has 1 atom stereocenters. The molecule has 25 heavy (non-hydrogen) atoms. The first-order valence-electron chi connectivity index (χ1n) is 8.25. The van der Waals surface area contributed by atoms with Crippen LogP contribution in [0.4, 0.5) is 4.39 Å². The molecule has 0 fully saturated rings. The maximum atomic E-state index is 14.1. The molecule has 1 unspecified atom stereocenters. The Bertz CT molecular complexity index is 836. The molecule has 0 aliphatic rings. The third-order valence-electron chi connectivity index (χ3n) is 4.23. The summed E-state index contributed by atoms with van der Waals surface area (Å²) in [5.74, 6) is 0.135. The summed E-state index contributed by atoms with van der Waals surface area (Å²) in [5, 5.41) is 3.50. The summed E-state index contributed by atoms with van der Waals surface area (Å²) in [7, 11) is 1.59. The van der Waals surface area contributed by atoms with Crippen molar-refractivity contribution in [3.05, 3.63) is 83.9 Å². The third-order valence-corrected chi connectivity index (χ3v) is 4.23. The molecule has 128 valence electrons. The molecule has 0 radical (unpaired) electrons. The van der Waals surface area contributed by atoms with Crippen molar-refractivity contribution >= 4 is 0 Å². The summed E-state index contributed by atoms with van der Waals surface area (Å²) < 4.78 is 19.5. The first-order valence-corrected chi connectivity index (χ1v) is 8.25. The quantitative estimate of drug-likeness (QED) is 0.660. The van der Waals surface area contributed by atoms with Crippen LogP contribution in [0.2, 0.25) is 0 Å². The highest BCUT2D eigenvalue weighted by atomic mass is 19.1. The first-order chi connectivity index (χ1) is 12.2. The van der Waals surface area contributed by atoms with Gasteiger partial charge in [-0.25, -0.2) is 4.98 Å². The number of hydrogen-bond donors (Lipinski definition) is 1. The molecule has 1 heterocycles. The fourth-order valence-corrected chi connectivity index (χ4v) is 2.79. The smallest absolute Gasteiger partial charge is 0.220 e. The number of ether oxygens (including phenoxy) is 1. The lowest BCUT2D eigenvalue weighted by molar-refractivity contribution is 0.415. The highest BCUT2D eigenvalue weighted by molar-refractivity contribution is 5.71. The summed E-state index contributed by atoms with van der Waals surface area (Å²) >= 11 is 0. The number of halogens is 1. The second-order valence-electron chi connectivity index (χ2n) is 5.89. The molecule has 0 bridgehead atoms. The fourth-order valence-electron chi connectivity index (χ4n) is 2.79. The summed E-state index contributed by atoms with van der Waals surface area (Å²) in [6, 6.07) is 19.7. The predicted molar refractivity (Wildman–Crippen MR) is 97.9 cm³/mol. The van der Waals surface area contributed by atoms with E-state index in [0.717, 1.165) is 5.56 Å². The molecular formula is C21H21FN2O. The summed E-state index contributed by atoms with van der Waals surface area (Å²) in [6.07, 6.45) is 1.44. The molecule has 0 aliphatic heterocycles. The Hall–Kier alpha value is -2.72. The third kappa shape index (κ3) is 4.03. The van der Waals surface area contributed by atoms with Crippen molar-refractivity contribution in [2.45, 2.75) is 19.5 Å². The fraction of sp³-hybridized carbons (Fsp3) is 0.190. The zero-order valence-electron chi connectivity index (χ0n) is 14.4. The van der Waals surface area contributed by atoms with Gasteiger partial charge in [0.05, 0.1) is 7.11 Å². The maximum absolute atomic E-state index is 14.1. The molecular weight excluding hydrogens is 315 g/mol. The minimum absolute atomic E-state index is 0.224. The average molecular weight is 336 g/mol. The molecule has 3 aromatic rings. The van der Waals surface area contributed by atoms with Gasteiger partial charge < -0.3 is 10.1 Å². The van der Waals surface area contributed by atoms with E-state index in [0.29, 0.717) is 23.4 Å². The lowest BCUT2D eigenvalue weighted by Gasteiger charge is -2.16. The number of nitrogens with one attached hydrogen (secondary N) is 1. The Morgan fingerprint density at radius 2 is 1.84 bits per heavy atom. The monoisotopic (exact) mass is 336 g/mol. The van der Waals surface area contributed by atoms with E-state index in [1.165, 1.54) is 11.8 Å². The van der Waals surface area contributed by atoms with Crippen molar-refractivity contribution in [1.29, 1.82) is 0 Å². The minimum atomic E-state index is -0.497. The van der Waals surface area contributed by atoms with Gasteiger partial charge in [0, 0.05) is 29.9 Å². The van der Waals surface area contributed by atoms with Gasteiger partial charge in [0.2, 0.25) is 5.95 Å². The Labute approximate surface area is 147 Å². The van der Waals surface area contributed by atoms with Crippen LogP contribution in [0.25, 0.3) is 11.1 Å². The van der Waals surface area contributed by atoms with E-state index in [-0.39, 0.29) is 6.04 Å². The molecule has 0 spiro atoms. The summed E-state index contributed by atoms with van der Waals surface area (Å²) in [5.41, 5.74) is 3.44. The number of rotatable bonds is 6. The number of methoxy groups -OCH3 is 1. The van der Waals surface area contributed by atoms with Crippen LogP contribution in [0, 0.1) is 5.95 Å². The normalized spacial score (nSPS) is 12.0. The van der Waals surface area contributed by atoms with Gasteiger partial charge in [-0.15, -0.1) is 0 Å². The summed E-state index contributed by atoms with van der Waals surface area (Å²) in [4.78, 5) is 3.74. The van der Waals surface area contributed by atoms with E-state index < -0.39 is 5.95 Å². The van der Waals surface area contributed by atoms with E-state index in [1.54, 1.807) is 19.2 Å². The highest BCUT2D eigenvalue weighted by Gasteiger charge is 2.12. The van der Waals surface area contributed by atoms with Crippen LogP contribution in [-0.2, 0) is 6.54 Å². The lowest BCUT2D eigenvalue weighted by atomic mass is 10.0. The number of hydrogen-bond acceptors (Lipinski definition) is 3. The van der Waals surface area contributed by atoms with Gasteiger partial charge in [-0.2, -0.15) is 4.39 Å². The molecule has 1 aromatic heterocycles. The molecule has 0 saturated carbocycles. The van der Waals surface area contributed by atoms with E-state index in [4.69, 9.17) is 4.74 Å². The van der Waals surface area contributed by atoms with Crippen molar-refractivity contribution < 1.29 is 9.13 Å². The minimum Gasteiger partial charge on any atom is -0.496 e. The number of pyridine rings is 1. The van der Waals surface area contributed by atoms with E-state index in [2.05, 4.69) is 29.4 Å². The van der Waals surface area contributed by atoms with Gasteiger partial charge in [-0.3, -0.25) is 0 Å². The molecule has 4 heteroatoms. The van der Waals surface area contributed by atoms with Crippen LogP contribution >= 0.6 is 0 Å². The molecule has 0 amide bonds. The van der Waals surface area contributed by atoms with Gasteiger partial charge in [0.1, 0.15) is 5.75 Å². The second kappa shape index (κ2) is 7.90. The average Bonchev–Trinajstić information content (AvgIpc) is 2.67. The van der Waals surface area contributed by atoms with Crippen LogP contribution < -0.4 is 10.1 Å². The number of aromatic nitrogens is 1. The van der Waals surface area contributed by atoms with Gasteiger partial charge in [0.25, 0.3) is 0 Å². The number of nitrogens with zero attached hydrogens (tertiary/aromatic N) is 1. The Morgan fingerprint density at radius 1 is 1.04 bits per heavy atom. The van der Waals surface area contributed by atoms with Crippen molar-refractivity contribution in [3.63, 3.8) is 0 Å². The van der Waals surface area contributed by atoms with Gasteiger partial charge in [-0.1, -0.05) is 36.4 Å². The van der Waals surface area contributed by atoms with Crippen LogP contribution in [0.15, 0.2) is 66.9 Å². The standard InChI is InChI=1S/C21H21FN2O/c1-15(17-7-4-3-5-8-17)24-14-16-10-11-20(25-2)19(13-16)18-9-6-12-23-21(18)22/h3-13,15,24H,14H2,1-2H3. The summed E-state index contributed by atoms with van der Waals surface area (Å²) in [6.45, 7) is 2.80. The van der Waals surface area contributed by atoms with Crippen LogP contribution in [0.1, 0.15) is 24.1 Å². The van der Waals surface area contributed by atoms with Crippen molar-refractivity contribution in [2.24, 2.45) is 0 Å². The van der Waals surface area contributed by atoms with Crippen molar-refractivity contribution in [2.75, 3.05) is 7.11 Å². The Balaban J connectivity index is 1.81. The number of benzene rings is 2. The molecule has 3 nitrogen and oxygen atoms in total. The zero-order valence-corrected chi connectivity index (χ0v) is 14.4. The zero-order chi connectivity index (χ0) is 17.6. The van der Waals surface area contributed by atoms with Crippen LogP contribution in [0.5, 0.6) is 5.75 Å². The largest absolute Gasteiger partial charge is 0.496 e. The van der Waals surface area contributed by atoms with Crippen LogP contribution in [0.3, 0.4) is 0 Å². The first kappa shape index (κ1) is 17.1. The van der Waals surface area contributed by atoms with Crippen molar-refractivity contribution in [1.82, 2.24) is 10.3 Å². The molecule has 0 saturated heterocycles. The van der Waals surface area contributed by atoms with Gasteiger partial charge in [0.15, 0.2) is 0 Å². The van der Waals surface area contributed by atoms with E-state index in [1.807, 2.05) is 36.4 Å². The van der Waals surface area contributed by atoms with Gasteiger partial charge in [-0.05, 0) is 42.3 Å². The molecule has 3 rings (SSSR count). The molecule has 0 aliphatic carbocycles. The predicted octanol–water partition coefficient (Wildman–Crippen LogP) is 4.75. The topological polar surface area (TPSA) is 34.1 Å². The van der Waals surface area contributed by atoms with Crippen molar-refractivity contribution in [3.8, 4) is 16.9 Å². The molecule has 2 aromatic carbocycles. The van der Waals surface area contributed by atoms with Gasteiger partial charge >= 0.3 is 0 Å². The lowest BCUT2D eigenvalue weighted by Crippen LogP contribution is -2.18. The van der Waals surface area contributed by atoms with E-state index in [9.17, 15) is 4.39 Å². The second-order valence-corrected chi connectivity index (χ2v) is 5.89. The van der Waals surface area contributed by atoms with E-state index >= 15 is 0 Å².